The van der Waals surface area contributed by atoms with E-state index in [4.69, 9.17) is 4.74 Å². The monoisotopic (exact) mass is 411 g/mol. The molecule has 0 radical (unpaired) electrons. The number of hydrogen-bond donors (Lipinski definition) is 0. The summed E-state index contributed by atoms with van der Waals surface area (Å²) in [7, 11) is 5.15. The lowest BCUT2D eigenvalue weighted by Gasteiger charge is -2.32. The third-order valence-corrected chi connectivity index (χ3v) is 5.43. The van der Waals surface area contributed by atoms with Crippen molar-refractivity contribution in [3.8, 4) is 5.75 Å². The first kappa shape index (κ1) is 21.3. The van der Waals surface area contributed by atoms with Crippen LogP contribution in [-0.4, -0.2) is 55.8 Å². The Morgan fingerprint density at radius 3 is 2.27 bits per heavy atom. The summed E-state index contributed by atoms with van der Waals surface area (Å²) in [5.74, 6) is 0.355. The molecule has 0 unspecified atom stereocenters. The number of nitro benzene ring substituents is 1. The Balaban J connectivity index is 1.71. The molecule has 1 aliphatic heterocycles. The number of likely N-dealkylation sites (tertiary alicyclic amines) is 1. The maximum atomic E-state index is 13.1. The number of benzene rings is 2. The number of amides is 1. The molecule has 2 aromatic carbocycles. The number of ether oxygens (including phenoxy) is 1. The third-order valence-electron chi connectivity index (χ3n) is 5.43. The molecule has 3 rings (SSSR count). The molecular formula is C22H25N3O5. The van der Waals surface area contributed by atoms with Crippen molar-refractivity contribution in [1.82, 2.24) is 4.90 Å². The molecule has 8 nitrogen and oxygen atoms in total. The molecule has 0 spiro atoms. The Hall–Kier alpha value is -3.42. The molecule has 1 aliphatic rings. The lowest BCUT2D eigenvalue weighted by atomic mass is 9.88. The van der Waals surface area contributed by atoms with Crippen LogP contribution in [0.4, 0.5) is 11.4 Å². The van der Waals surface area contributed by atoms with E-state index in [1.807, 2.05) is 0 Å². The van der Waals surface area contributed by atoms with Gasteiger partial charge in [0.2, 0.25) is 0 Å². The van der Waals surface area contributed by atoms with Crippen LogP contribution in [0.2, 0.25) is 0 Å². The van der Waals surface area contributed by atoms with Crippen molar-refractivity contribution < 1.29 is 19.2 Å². The van der Waals surface area contributed by atoms with Gasteiger partial charge in [-0.2, -0.15) is 0 Å². The molecule has 0 aromatic heterocycles. The van der Waals surface area contributed by atoms with Gasteiger partial charge in [0.25, 0.3) is 11.6 Å². The van der Waals surface area contributed by atoms with Crippen molar-refractivity contribution >= 4 is 23.1 Å². The van der Waals surface area contributed by atoms with E-state index >= 15 is 0 Å². The van der Waals surface area contributed by atoms with Gasteiger partial charge in [-0.25, -0.2) is 0 Å². The molecule has 1 fully saturated rings. The van der Waals surface area contributed by atoms with Gasteiger partial charge in [-0.1, -0.05) is 0 Å². The van der Waals surface area contributed by atoms with Gasteiger partial charge in [-0.05, 0) is 43.2 Å². The SMILES string of the molecule is COc1ccc(C(=O)C2CCN(C(=O)c3cc([N+](=O)[O-])ccc3N(C)C)CC2)cc1. The van der Waals surface area contributed by atoms with Gasteiger partial charge in [0, 0.05) is 56.5 Å². The largest absolute Gasteiger partial charge is 0.497 e. The third kappa shape index (κ3) is 4.42. The predicted molar refractivity (Wildman–Crippen MR) is 113 cm³/mol. The van der Waals surface area contributed by atoms with Crippen LogP contribution in [0.5, 0.6) is 5.75 Å². The number of rotatable bonds is 6. The second kappa shape index (κ2) is 8.94. The predicted octanol–water partition coefficient (Wildman–Crippen LogP) is 3.40. The molecule has 8 heteroatoms. The topological polar surface area (TPSA) is 93.0 Å². The second-order valence-corrected chi connectivity index (χ2v) is 7.51. The first-order chi connectivity index (χ1) is 14.3. The van der Waals surface area contributed by atoms with Gasteiger partial charge >= 0.3 is 0 Å². The number of ketones is 1. The lowest BCUT2D eigenvalue weighted by molar-refractivity contribution is -0.384. The molecule has 2 aromatic rings. The quantitative estimate of drug-likeness (QED) is 0.411. The minimum absolute atomic E-state index is 0.0640. The van der Waals surface area contributed by atoms with Crippen molar-refractivity contribution in [2.45, 2.75) is 12.8 Å². The number of methoxy groups -OCH3 is 1. The Labute approximate surface area is 175 Å². The summed E-state index contributed by atoms with van der Waals surface area (Å²) in [6, 6.07) is 11.3. The van der Waals surface area contributed by atoms with E-state index in [-0.39, 0.29) is 23.3 Å². The van der Waals surface area contributed by atoms with Crippen LogP contribution in [0.3, 0.4) is 0 Å². The van der Waals surface area contributed by atoms with Gasteiger partial charge in [0.1, 0.15) is 5.75 Å². The van der Waals surface area contributed by atoms with Crippen molar-refractivity contribution in [3.63, 3.8) is 0 Å². The summed E-state index contributed by atoms with van der Waals surface area (Å²) >= 11 is 0. The Kier molecular flexibility index (Phi) is 6.34. The number of carbonyl (C=O) groups is 2. The normalized spacial score (nSPS) is 14.3. The lowest BCUT2D eigenvalue weighted by Crippen LogP contribution is -2.40. The fraction of sp³-hybridized carbons (Fsp3) is 0.364. The van der Waals surface area contributed by atoms with Crippen LogP contribution in [0.15, 0.2) is 42.5 Å². The summed E-state index contributed by atoms with van der Waals surface area (Å²) in [5, 5.41) is 11.1. The molecule has 1 heterocycles. The van der Waals surface area contributed by atoms with Crippen LogP contribution >= 0.6 is 0 Å². The zero-order chi connectivity index (χ0) is 21.8. The first-order valence-electron chi connectivity index (χ1n) is 9.75. The molecule has 0 N–H and O–H groups in total. The van der Waals surface area contributed by atoms with Crippen molar-refractivity contribution in [1.29, 1.82) is 0 Å². The molecule has 0 bridgehead atoms. The Morgan fingerprint density at radius 1 is 1.10 bits per heavy atom. The number of hydrogen-bond acceptors (Lipinski definition) is 6. The fourth-order valence-electron chi connectivity index (χ4n) is 3.70. The maximum absolute atomic E-state index is 13.1. The zero-order valence-electron chi connectivity index (χ0n) is 17.3. The van der Waals surface area contributed by atoms with E-state index in [0.29, 0.717) is 48.5 Å². The fourth-order valence-corrected chi connectivity index (χ4v) is 3.70. The summed E-state index contributed by atoms with van der Waals surface area (Å²) in [6.07, 6.45) is 1.12. The molecule has 0 atom stereocenters. The van der Waals surface area contributed by atoms with E-state index in [2.05, 4.69) is 0 Å². The Morgan fingerprint density at radius 2 is 1.73 bits per heavy atom. The van der Waals surface area contributed by atoms with Crippen LogP contribution in [0, 0.1) is 16.0 Å². The summed E-state index contributed by atoms with van der Waals surface area (Å²) < 4.78 is 5.13. The summed E-state index contributed by atoms with van der Waals surface area (Å²) in [5.41, 5.74) is 1.44. The van der Waals surface area contributed by atoms with Crippen molar-refractivity contribution in [3.05, 3.63) is 63.7 Å². The Bertz CT molecular complexity index is 948. The van der Waals surface area contributed by atoms with Crippen molar-refractivity contribution in [2.75, 3.05) is 39.2 Å². The smallest absolute Gasteiger partial charge is 0.270 e. The van der Waals surface area contributed by atoms with Crippen LogP contribution in [-0.2, 0) is 0 Å². The van der Waals surface area contributed by atoms with Gasteiger partial charge in [0.05, 0.1) is 17.6 Å². The molecule has 0 aliphatic carbocycles. The average Bonchev–Trinajstić information content (AvgIpc) is 2.77. The van der Waals surface area contributed by atoms with Crippen molar-refractivity contribution in [2.24, 2.45) is 5.92 Å². The van der Waals surface area contributed by atoms with E-state index in [9.17, 15) is 19.7 Å². The number of non-ortho nitro benzene ring substituents is 1. The minimum atomic E-state index is -0.504. The minimum Gasteiger partial charge on any atom is -0.497 e. The standard InChI is InChI=1S/C22H25N3O5/c1-23(2)20-9-6-17(25(28)29)14-19(20)22(27)24-12-10-16(11-13-24)21(26)15-4-7-18(30-3)8-5-15/h4-9,14,16H,10-13H2,1-3H3. The highest BCUT2D eigenvalue weighted by atomic mass is 16.6. The molecule has 0 saturated carbocycles. The summed E-state index contributed by atoms with van der Waals surface area (Å²) in [6.45, 7) is 0.863. The summed E-state index contributed by atoms with van der Waals surface area (Å²) in [4.78, 5) is 40.0. The van der Waals surface area contributed by atoms with Gasteiger partial charge in [-0.15, -0.1) is 0 Å². The average molecular weight is 411 g/mol. The highest BCUT2D eigenvalue weighted by Gasteiger charge is 2.30. The highest BCUT2D eigenvalue weighted by Crippen LogP contribution is 2.28. The van der Waals surface area contributed by atoms with Crippen LogP contribution < -0.4 is 9.64 Å². The van der Waals surface area contributed by atoms with E-state index in [0.717, 1.165) is 0 Å². The number of piperidine rings is 1. The molecule has 1 saturated heterocycles. The number of nitro groups is 1. The van der Waals surface area contributed by atoms with Crippen LogP contribution in [0.25, 0.3) is 0 Å². The molecular weight excluding hydrogens is 386 g/mol. The second-order valence-electron chi connectivity index (χ2n) is 7.51. The van der Waals surface area contributed by atoms with E-state index in [1.54, 1.807) is 61.3 Å². The first-order valence-corrected chi connectivity index (χ1v) is 9.75. The maximum Gasteiger partial charge on any atom is 0.270 e. The van der Waals surface area contributed by atoms with Crippen LogP contribution in [0.1, 0.15) is 33.6 Å². The molecule has 1 amide bonds. The van der Waals surface area contributed by atoms with E-state index in [1.165, 1.54) is 12.1 Å². The van der Waals surface area contributed by atoms with E-state index < -0.39 is 4.92 Å². The van der Waals surface area contributed by atoms with Gasteiger partial charge in [-0.3, -0.25) is 19.7 Å². The number of carbonyl (C=O) groups excluding carboxylic acids is 2. The number of nitrogens with zero attached hydrogens (tertiary/aromatic N) is 3. The number of anilines is 1. The van der Waals surface area contributed by atoms with Gasteiger partial charge < -0.3 is 14.5 Å². The molecule has 158 valence electrons. The highest BCUT2D eigenvalue weighted by molar-refractivity contribution is 6.01. The molecule has 30 heavy (non-hydrogen) atoms. The number of Topliss-reactive ketones (excluding diaryl/α,β-unsaturated/α-hetero) is 1. The van der Waals surface area contributed by atoms with Gasteiger partial charge in [0.15, 0.2) is 5.78 Å². The zero-order valence-corrected chi connectivity index (χ0v) is 17.3.